The standard InChI is InChI=1S/C20H27N3O3/c1-22(2)9-6-10-23(14-17-7-4-5-8-21-17)13-16-11-19-20(26-15-25-19)12-18(16)24-3/h4-5,7-8,11-12H,6,9-10,13-15H2,1-3H3. The predicted octanol–water partition coefficient (Wildman–Crippen LogP) is 2.77. The first kappa shape index (κ1) is 18.5. The Morgan fingerprint density at radius 2 is 1.88 bits per heavy atom. The molecule has 0 bridgehead atoms. The van der Waals surface area contributed by atoms with E-state index in [1.165, 1.54) is 0 Å². The summed E-state index contributed by atoms with van der Waals surface area (Å²) < 4.78 is 16.6. The van der Waals surface area contributed by atoms with E-state index in [0.717, 1.165) is 61.1 Å². The molecule has 1 aliphatic rings. The predicted molar refractivity (Wildman–Crippen MR) is 101 cm³/mol. The number of nitrogens with zero attached hydrogens (tertiary/aromatic N) is 3. The van der Waals surface area contributed by atoms with Crippen molar-refractivity contribution in [2.24, 2.45) is 0 Å². The molecule has 1 aromatic carbocycles. The van der Waals surface area contributed by atoms with Gasteiger partial charge in [-0.2, -0.15) is 0 Å². The lowest BCUT2D eigenvalue weighted by Gasteiger charge is -2.24. The number of aromatic nitrogens is 1. The summed E-state index contributed by atoms with van der Waals surface area (Å²) in [5.74, 6) is 2.36. The fraction of sp³-hybridized carbons (Fsp3) is 0.450. The molecule has 1 aromatic heterocycles. The number of benzene rings is 1. The molecular formula is C20H27N3O3. The number of hydrogen-bond acceptors (Lipinski definition) is 6. The van der Waals surface area contributed by atoms with Crippen LogP contribution in [0.3, 0.4) is 0 Å². The van der Waals surface area contributed by atoms with Gasteiger partial charge in [-0.1, -0.05) is 6.07 Å². The van der Waals surface area contributed by atoms with Crippen molar-refractivity contribution in [1.29, 1.82) is 0 Å². The minimum atomic E-state index is 0.266. The maximum absolute atomic E-state index is 5.58. The first-order valence-electron chi connectivity index (χ1n) is 8.89. The third-order valence-electron chi connectivity index (χ3n) is 4.36. The number of rotatable bonds is 9. The Hall–Kier alpha value is -2.31. The van der Waals surface area contributed by atoms with Gasteiger partial charge in [0.2, 0.25) is 6.79 Å². The molecule has 0 unspecified atom stereocenters. The van der Waals surface area contributed by atoms with Crippen LogP contribution in [0.25, 0.3) is 0 Å². The summed E-state index contributed by atoms with van der Waals surface area (Å²) in [5, 5.41) is 0. The van der Waals surface area contributed by atoms with Gasteiger partial charge < -0.3 is 19.1 Å². The molecule has 0 radical (unpaired) electrons. The average Bonchev–Trinajstić information content (AvgIpc) is 3.08. The second kappa shape index (κ2) is 8.87. The highest BCUT2D eigenvalue weighted by atomic mass is 16.7. The summed E-state index contributed by atoms with van der Waals surface area (Å²) in [6.45, 7) is 3.86. The molecule has 26 heavy (non-hydrogen) atoms. The second-order valence-corrected chi connectivity index (χ2v) is 6.71. The zero-order valence-corrected chi connectivity index (χ0v) is 15.8. The van der Waals surface area contributed by atoms with Gasteiger partial charge in [0.25, 0.3) is 0 Å². The van der Waals surface area contributed by atoms with Crippen molar-refractivity contribution in [3.63, 3.8) is 0 Å². The van der Waals surface area contributed by atoms with Crippen LogP contribution in [0.1, 0.15) is 17.7 Å². The Morgan fingerprint density at radius 1 is 1.08 bits per heavy atom. The molecule has 0 spiro atoms. The summed E-state index contributed by atoms with van der Waals surface area (Å²) in [4.78, 5) is 9.08. The molecule has 2 heterocycles. The zero-order chi connectivity index (χ0) is 18.4. The third kappa shape index (κ3) is 4.86. The van der Waals surface area contributed by atoms with E-state index >= 15 is 0 Å². The minimum absolute atomic E-state index is 0.266. The number of hydrogen-bond donors (Lipinski definition) is 0. The van der Waals surface area contributed by atoms with Crippen LogP contribution in [0.4, 0.5) is 0 Å². The Balaban J connectivity index is 1.75. The quantitative estimate of drug-likeness (QED) is 0.688. The van der Waals surface area contributed by atoms with E-state index in [9.17, 15) is 0 Å². The number of fused-ring (bicyclic) bond motifs is 1. The van der Waals surface area contributed by atoms with Crippen molar-refractivity contribution >= 4 is 0 Å². The number of methoxy groups -OCH3 is 1. The van der Waals surface area contributed by atoms with Gasteiger partial charge in [0.05, 0.1) is 12.8 Å². The van der Waals surface area contributed by atoms with Crippen LogP contribution in [0, 0.1) is 0 Å². The molecule has 0 amide bonds. The van der Waals surface area contributed by atoms with Gasteiger partial charge in [0, 0.05) is 37.5 Å². The van der Waals surface area contributed by atoms with Crippen LogP contribution in [0.2, 0.25) is 0 Å². The van der Waals surface area contributed by atoms with E-state index in [2.05, 4.69) is 34.9 Å². The van der Waals surface area contributed by atoms with Gasteiger partial charge in [0.15, 0.2) is 11.5 Å². The maximum atomic E-state index is 5.58. The summed E-state index contributed by atoms with van der Waals surface area (Å²) in [6, 6.07) is 9.98. The van der Waals surface area contributed by atoms with Gasteiger partial charge in [-0.3, -0.25) is 9.88 Å². The van der Waals surface area contributed by atoms with Crippen molar-refractivity contribution in [3.8, 4) is 17.2 Å². The Bertz CT molecular complexity index is 707. The molecular weight excluding hydrogens is 330 g/mol. The summed E-state index contributed by atoms with van der Waals surface area (Å²) >= 11 is 0. The van der Waals surface area contributed by atoms with Crippen LogP contribution < -0.4 is 14.2 Å². The lowest BCUT2D eigenvalue weighted by molar-refractivity contribution is 0.173. The van der Waals surface area contributed by atoms with Crippen LogP contribution in [0.15, 0.2) is 36.5 Å². The van der Waals surface area contributed by atoms with Crippen molar-refractivity contribution in [1.82, 2.24) is 14.8 Å². The number of ether oxygens (including phenoxy) is 3. The van der Waals surface area contributed by atoms with Gasteiger partial charge in [-0.15, -0.1) is 0 Å². The van der Waals surface area contributed by atoms with Crippen LogP contribution >= 0.6 is 0 Å². The highest BCUT2D eigenvalue weighted by Crippen LogP contribution is 2.38. The Kier molecular flexibility index (Phi) is 6.30. The van der Waals surface area contributed by atoms with Crippen LogP contribution in [-0.4, -0.2) is 55.9 Å². The van der Waals surface area contributed by atoms with Crippen molar-refractivity contribution in [2.45, 2.75) is 19.5 Å². The van der Waals surface area contributed by atoms with Crippen molar-refractivity contribution in [3.05, 3.63) is 47.8 Å². The third-order valence-corrected chi connectivity index (χ3v) is 4.36. The van der Waals surface area contributed by atoms with Crippen LogP contribution in [0.5, 0.6) is 17.2 Å². The molecule has 1 aliphatic heterocycles. The van der Waals surface area contributed by atoms with E-state index in [1.807, 2.05) is 30.5 Å². The van der Waals surface area contributed by atoms with Gasteiger partial charge >= 0.3 is 0 Å². The van der Waals surface area contributed by atoms with E-state index in [-0.39, 0.29) is 6.79 Å². The molecule has 6 nitrogen and oxygen atoms in total. The summed E-state index contributed by atoms with van der Waals surface area (Å²) in [7, 11) is 5.89. The first-order valence-corrected chi connectivity index (χ1v) is 8.89. The lowest BCUT2D eigenvalue weighted by Crippen LogP contribution is -2.27. The van der Waals surface area contributed by atoms with Crippen LogP contribution in [-0.2, 0) is 13.1 Å². The fourth-order valence-electron chi connectivity index (χ4n) is 3.07. The summed E-state index contributed by atoms with van der Waals surface area (Å²) in [6.07, 6.45) is 2.93. The molecule has 0 aliphatic carbocycles. The van der Waals surface area contributed by atoms with E-state index in [4.69, 9.17) is 14.2 Å². The van der Waals surface area contributed by atoms with Crippen molar-refractivity contribution in [2.75, 3.05) is 41.1 Å². The monoisotopic (exact) mass is 357 g/mol. The summed E-state index contributed by atoms with van der Waals surface area (Å²) in [5.41, 5.74) is 2.16. The SMILES string of the molecule is COc1cc2c(cc1CN(CCCN(C)C)Cc1ccccn1)OCO2. The average molecular weight is 357 g/mol. The first-order chi connectivity index (χ1) is 12.7. The Morgan fingerprint density at radius 3 is 2.58 bits per heavy atom. The smallest absolute Gasteiger partial charge is 0.231 e. The fourth-order valence-corrected chi connectivity index (χ4v) is 3.07. The van der Waals surface area contributed by atoms with Crippen molar-refractivity contribution < 1.29 is 14.2 Å². The molecule has 0 atom stereocenters. The highest BCUT2D eigenvalue weighted by Gasteiger charge is 2.19. The molecule has 140 valence electrons. The maximum Gasteiger partial charge on any atom is 0.231 e. The van der Waals surface area contributed by atoms with Gasteiger partial charge in [0.1, 0.15) is 5.75 Å². The number of pyridine rings is 1. The Labute approximate surface area is 155 Å². The topological polar surface area (TPSA) is 47.1 Å². The highest BCUT2D eigenvalue weighted by molar-refractivity contribution is 5.51. The second-order valence-electron chi connectivity index (χ2n) is 6.71. The molecule has 3 rings (SSSR count). The zero-order valence-electron chi connectivity index (χ0n) is 15.8. The molecule has 0 saturated carbocycles. The molecule has 0 saturated heterocycles. The van der Waals surface area contributed by atoms with Gasteiger partial charge in [-0.05, 0) is 45.3 Å². The molecule has 2 aromatic rings. The van der Waals surface area contributed by atoms with E-state index in [0.29, 0.717) is 0 Å². The molecule has 6 heteroatoms. The van der Waals surface area contributed by atoms with E-state index in [1.54, 1.807) is 7.11 Å². The lowest BCUT2D eigenvalue weighted by atomic mass is 10.1. The largest absolute Gasteiger partial charge is 0.496 e. The minimum Gasteiger partial charge on any atom is -0.496 e. The normalized spacial score (nSPS) is 12.8. The van der Waals surface area contributed by atoms with E-state index < -0.39 is 0 Å². The van der Waals surface area contributed by atoms with Gasteiger partial charge in [-0.25, -0.2) is 0 Å². The molecule has 0 fully saturated rings. The molecule has 0 N–H and O–H groups in total.